The van der Waals surface area contributed by atoms with Crippen LogP contribution in [0, 0.1) is 0 Å². The molecule has 0 heterocycles. The summed E-state index contributed by atoms with van der Waals surface area (Å²) in [6.07, 6.45) is 1.48. The molecule has 6 heteroatoms. The van der Waals surface area contributed by atoms with Crippen molar-refractivity contribution in [3.8, 4) is 11.5 Å². The molecule has 6 nitrogen and oxygen atoms in total. The minimum Gasteiger partial charge on any atom is -0.496 e. The number of ketones is 2. The van der Waals surface area contributed by atoms with E-state index in [1.54, 1.807) is 30.3 Å². The number of carbonyl (C=O) groups is 2. The van der Waals surface area contributed by atoms with Crippen molar-refractivity contribution >= 4 is 17.8 Å². The van der Waals surface area contributed by atoms with Gasteiger partial charge in [0.15, 0.2) is 5.78 Å². The zero-order chi connectivity index (χ0) is 18.0. The first kappa shape index (κ1) is 16.7. The highest BCUT2D eigenvalue weighted by atomic mass is 16.6. The van der Waals surface area contributed by atoms with E-state index in [1.807, 2.05) is 6.92 Å². The van der Waals surface area contributed by atoms with Gasteiger partial charge in [0.2, 0.25) is 5.78 Å². The molecule has 0 saturated heterocycles. The maximum Gasteiger partial charge on any atom is 0.201 e. The van der Waals surface area contributed by atoms with E-state index in [4.69, 9.17) is 14.3 Å². The molecule has 0 bridgehead atoms. The Balaban J connectivity index is 2.20. The molecule has 3 rings (SSSR count). The van der Waals surface area contributed by atoms with Crippen LogP contribution in [-0.2, 0) is 4.84 Å². The van der Waals surface area contributed by atoms with Crippen molar-refractivity contribution in [2.45, 2.75) is 6.92 Å². The van der Waals surface area contributed by atoms with Gasteiger partial charge in [-0.2, -0.15) is 0 Å². The van der Waals surface area contributed by atoms with Crippen LogP contribution < -0.4 is 9.47 Å². The van der Waals surface area contributed by atoms with Gasteiger partial charge in [-0.25, -0.2) is 0 Å². The smallest absolute Gasteiger partial charge is 0.201 e. The fourth-order valence-electron chi connectivity index (χ4n) is 2.85. The Morgan fingerprint density at radius 3 is 2.36 bits per heavy atom. The molecule has 1 aliphatic carbocycles. The third-order valence-corrected chi connectivity index (χ3v) is 3.94. The van der Waals surface area contributed by atoms with E-state index in [0.717, 1.165) is 0 Å². The van der Waals surface area contributed by atoms with Crippen LogP contribution in [0.15, 0.2) is 35.5 Å². The van der Waals surface area contributed by atoms with Crippen molar-refractivity contribution in [2.24, 2.45) is 5.16 Å². The summed E-state index contributed by atoms with van der Waals surface area (Å²) in [5, 5.41) is 3.80. The van der Waals surface area contributed by atoms with Crippen LogP contribution in [0.4, 0.5) is 0 Å². The Morgan fingerprint density at radius 1 is 0.960 bits per heavy atom. The molecule has 2 aromatic carbocycles. The number of ether oxygens (including phenoxy) is 2. The first-order valence-corrected chi connectivity index (χ1v) is 7.76. The van der Waals surface area contributed by atoms with Gasteiger partial charge in [-0.05, 0) is 25.1 Å². The predicted molar refractivity (Wildman–Crippen MR) is 92.1 cm³/mol. The van der Waals surface area contributed by atoms with Gasteiger partial charge in [0.05, 0.1) is 31.6 Å². The largest absolute Gasteiger partial charge is 0.496 e. The highest BCUT2D eigenvalue weighted by Gasteiger charge is 2.35. The lowest BCUT2D eigenvalue weighted by Gasteiger charge is -2.21. The van der Waals surface area contributed by atoms with Gasteiger partial charge in [-0.1, -0.05) is 17.3 Å². The SMILES string of the molecule is CCO/N=C/c1cc(OC)c2c(c1)C(=O)c1cccc(OC)c1C2=O. The molecule has 1 aliphatic rings. The molecule has 0 aliphatic heterocycles. The molecular weight excluding hydrogens is 322 g/mol. The summed E-state index contributed by atoms with van der Waals surface area (Å²) in [4.78, 5) is 30.9. The molecule has 128 valence electrons. The Hall–Kier alpha value is -3.15. The van der Waals surface area contributed by atoms with Crippen LogP contribution in [0.5, 0.6) is 11.5 Å². The van der Waals surface area contributed by atoms with Crippen molar-refractivity contribution in [1.29, 1.82) is 0 Å². The average Bonchev–Trinajstić information content (AvgIpc) is 2.64. The third-order valence-electron chi connectivity index (χ3n) is 3.94. The van der Waals surface area contributed by atoms with E-state index in [0.29, 0.717) is 29.2 Å². The molecular formula is C19H17NO5. The molecule has 0 fully saturated rings. The molecule has 2 aromatic rings. The lowest BCUT2D eigenvalue weighted by atomic mass is 9.82. The fraction of sp³-hybridized carbons (Fsp3) is 0.211. The summed E-state index contributed by atoms with van der Waals surface area (Å²) >= 11 is 0. The van der Waals surface area contributed by atoms with E-state index in [1.165, 1.54) is 20.4 Å². The zero-order valence-corrected chi connectivity index (χ0v) is 14.2. The highest BCUT2D eigenvalue weighted by molar-refractivity contribution is 6.30. The van der Waals surface area contributed by atoms with Crippen LogP contribution >= 0.6 is 0 Å². The van der Waals surface area contributed by atoms with Gasteiger partial charge in [0, 0.05) is 16.7 Å². The molecule has 0 spiro atoms. The number of oxime groups is 1. The first-order chi connectivity index (χ1) is 12.1. The summed E-state index contributed by atoms with van der Waals surface area (Å²) in [5.41, 5.74) is 1.70. The molecule has 0 saturated carbocycles. The molecule has 0 radical (unpaired) electrons. The van der Waals surface area contributed by atoms with E-state index < -0.39 is 0 Å². The summed E-state index contributed by atoms with van der Waals surface area (Å²) in [5.74, 6) is 0.122. The third kappa shape index (κ3) is 2.76. The number of rotatable bonds is 5. The lowest BCUT2D eigenvalue weighted by Crippen LogP contribution is -2.23. The highest BCUT2D eigenvalue weighted by Crippen LogP contribution is 2.37. The Morgan fingerprint density at radius 2 is 1.68 bits per heavy atom. The Labute approximate surface area is 145 Å². The van der Waals surface area contributed by atoms with E-state index in [-0.39, 0.29) is 28.3 Å². The number of fused-ring (bicyclic) bond motifs is 2. The van der Waals surface area contributed by atoms with Crippen molar-refractivity contribution in [3.05, 3.63) is 58.1 Å². The minimum absolute atomic E-state index is 0.234. The van der Waals surface area contributed by atoms with E-state index in [9.17, 15) is 9.59 Å². The maximum absolute atomic E-state index is 13.0. The summed E-state index contributed by atoms with van der Waals surface area (Å²) in [6, 6.07) is 8.22. The van der Waals surface area contributed by atoms with E-state index in [2.05, 4.69) is 5.16 Å². The Bertz CT molecular complexity index is 886. The summed E-state index contributed by atoms with van der Waals surface area (Å²) in [6.45, 7) is 2.25. The fourth-order valence-corrected chi connectivity index (χ4v) is 2.85. The van der Waals surface area contributed by atoms with Crippen LogP contribution in [0.25, 0.3) is 0 Å². The summed E-state index contributed by atoms with van der Waals surface area (Å²) in [7, 11) is 2.92. The average molecular weight is 339 g/mol. The molecule has 0 unspecified atom stereocenters. The van der Waals surface area contributed by atoms with Crippen LogP contribution in [0.3, 0.4) is 0 Å². The van der Waals surface area contributed by atoms with Crippen molar-refractivity contribution in [2.75, 3.05) is 20.8 Å². The number of nitrogens with zero attached hydrogens (tertiary/aromatic N) is 1. The number of carbonyl (C=O) groups excluding carboxylic acids is 2. The zero-order valence-electron chi connectivity index (χ0n) is 14.2. The van der Waals surface area contributed by atoms with Gasteiger partial charge < -0.3 is 14.3 Å². The van der Waals surface area contributed by atoms with Crippen molar-refractivity contribution in [3.63, 3.8) is 0 Å². The summed E-state index contributed by atoms with van der Waals surface area (Å²) < 4.78 is 10.6. The second-order valence-corrected chi connectivity index (χ2v) is 5.34. The van der Waals surface area contributed by atoms with Gasteiger partial charge in [0.25, 0.3) is 0 Å². The number of hydrogen-bond acceptors (Lipinski definition) is 6. The maximum atomic E-state index is 13.0. The van der Waals surface area contributed by atoms with Gasteiger partial charge in [-0.3, -0.25) is 9.59 Å². The topological polar surface area (TPSA) is 74.2 Å². The van der Waals surface area contributed by atoms with Crippen LogP contribution in [0.1, 0.15) is 44.3 Å². The molecule has 25 heavy (non-hydrogen) atoms. The molecule has 0 N–H and O–H groups in total. The second kappa shape index (κ2) is 6.76. The standard InChI is InChI=1S/C19H17NO5/c1-4-25-20-10-11-8-13-17(15(9-11)24-3)19(22)16-12(18(13)21)6-5-7-14(16)23-2/h5-10H,4H2,1-3H3/b20-10+. The predicted octanol–water partition coefficient (Wildman–Crippen LogP) is 2.85. The van der Waals surface area contributed by atoms with Crippen LogP contribution in [0.2, 0.25) is 0 Å². The van der Waals surface area contributed by atoms with Gasteiger partial charge >= 0.3 is 0 Å². The second-order valence-electron chi connectivity index (χ2n) is 5.34. The van der Waals surface area contributed by atoms with Gasteiger partial charge in [-0.15, -0.1) is 0 Å². The number of benzene rings is 2. The first-order valence-electron chi connectivity index (χ1n) is 7.76. The normalized spacial score (nSPS) is 12.8. The molecule has 0 atom stereocenters. The monoisotopic (exact) mass is 339 g/mol. The van der Waals surface area contributed by atoms with Crippen molar-refractivity contribution < 1.29 is 23.9 Å². The quantitative estimate of drug-likeness (QED) is 0.528. The number of hydrogen-bond donors (Lipinski definition) is 0. The lowest BCUT2D eigenvalue weighted by molar-refractivity contribution is 0.0974. The minimum atomic E-state index is -0.299. The van der Waals surface area contributed by atoms with Gasteiger partial charge in [0.1, 0.15) is 18.1 Å². The Kier molecular flexibility index (Phi) is 4.52. The van der Waals surface area contributed by atoms with Crippen molar-refractivity contribution in [1.82, 2.24) is 0 Å². The molecule has 0 amide bonds. The molecule has 0 aromatic heterocycles. The number of methoxy groups -OCH3 is 2. The van der Waals surface area contributed by atoms with Crippen LogP contribution in [-0.4, -0.2) is 38.6 Å². The van der Waals surface area contributed by atoms with E-state index >= 15 is 0 Å².